The third kappa shape index (κ3) is 1.99. The number of aromatic carboxylic acids is 1. The second kappa shape index (κ2) is 4.39. The van der Waals surface area contributed by atoms with Crippen molar-refractivity contribution in [2.75, 3.05) is 14.2 Å². The van der Waals surface area contributed by atoms with Crippen molar-refractivity contribution >= 4 is 21.9 Å². The van der Waals surface area contributed by atoms with E-state index in [1.807, 2.05) is 0 Å². The van der Waals surface area contributed by atoms with E-state index < -0.39 is 11.7 Å². The number of methoxy groups -OCH3 is 2. The summed E-state index contributed by atoms with van der Waals surface area (Å²) in [5.41, 5.74) is -0.301. The fourth-order valence-electron chi connectivity index (χ4n) is 1.14. The molecule has 0 amide bonds. The summed E-state index contributed by atoms with van der Waals surface area (Å²) in [4.78, 5) is 10.9. The van der Waals surface area contributed by atoms with Gasteiger partial charge in [-0.3, -0.25) is 0 Å². The van der Waals surface area contributed by atoms with E-state index in [0.717, 1.165) is 0 Å². The lowest BCUT2D eigenvalue weighted by Gasteiger charge is -2.12. The van der Waals surface area contributed by atoms with Gasteiger partial charge in [0.1, 0.15) is 21.5 Å². The van der Waals surface area contributed by atoms with E-state index in [-0.39, 0.29) is 11.3 Å². The van der Waals surface area contributed by atoms with Gasteiger partial charge in [-0.1, -0.05) is 0 Å². The third-order valence-electron chi connectivity index (χ3n) is 1.80. The molecule has 82 valence electrons. The Bertz CT molecular complexity index is 402. The summed E-state index contributed by atoms with van der Waals surface area (Å²) in [6.45, 7) is 0. The van der Waals surface area contributed by atoms with Crippen molar-refractivity contribution < 1.29 is 24.5 Å². The Hall–Kier alpha value is -1.43. The Kier molecular flexibility index (Phi) is 3.41. The highest BCUT2D eigenvalue weighted by atomic mass is 79.9. The lowest BCUT2D eigenvalue weighted by molar-refractivity contribution is 0.0689. The first-order chi connectivity index (χ1) is 7.02. The van der Waals surface area contributed by atoms with Crippen LogP contribution in [0.1, 0.15) is 10.4 Å². The molecular weight excluding hydrogens is 268 g/mol. The van der Waals surface area contributed by atoms with Gasteiger partial charge in [0.05, 0.1) is 14.2 Å². The molecule has 0 aliphatic rings. The van der Waals surface area contributed by atoms with E-state index in [0.29, 0.717) is 10.2 Å². The minimum atomic E-state index is -1.27. The molecule has 0 aliphatic heterocycles. The number of halogens is 1. The summed E-state index contributed by atoms with van der Waals surface area (Å²) in [7, 11) is 2.71. The summed E-state index contributed by atoms with van der Waals surface area (Å²) in [5, 5.41) is 18.3. The first kappa shape index (κ1) is 11.6. The SMILES string of the molecule is COc1cc(O)c(C(=O)O)c(OC)c1Br. The molecule has 5 nitrogen and oxygen atoms in total. The van der Waals surface area contributed by atoms with Crippen LogP contribution in [0, 0.1) is 0 Å². The first-order valence-electron chi connectivity index (χ1n) is 3.89. The predicted octanol–water partition coefficient (Wildman–Crippen LogP) is 1.87. The van der Waals surface area contributed by atoms with Crippen LogP contribution in [0.2, 0.25) is 0 Å². The molecule has 0 bridgehead atoms. The summed E-state index contributed by atoms with van der Waals surface area (Å²) < 4.78 is 10.2. The molecule has 1 aromatic carbocycles. The number of phenols is 1. The molecule has 0 aromatic heterocycles. The van der Waals surface area contributed by atoms with Crippen molar-refractivity contribution in [2.24, 2.45) is 0 Å². The van der Waals surface area contributed by atoms with Gasteiger partial charge >= 0.3 is 5.97 Å². The number of rotatable bonds is 3. The zero-order chi connectivity index (χ0) is 11.6. The smallest absolute Gasteiger partial charge is 0.343 e. The molecule has 0 fully saturated rings. The monoisotopic (exact) mass is 276 g/mol. The van der Waals surface area contributed by atoms with E-state index in [4.69, 9.17) is 14.6 Å². The van der Waals surface area contributed by atoms with Gasteiger partial charge in [0.25, 0.3) is 0 Å². The Balaban J connectivity index is 3.53. The maximum Gasteiger partial charge on any atom is 0.343 e. The molecule has 0 atom stereocenters. The molecule has 1 rings (SSSR count). The fourth-order valence-corrected chi connectivity index (χ4v) is 1.78. The fraction of sp³-hybridized carbons (Fsp3) is 0.222. The van der Waals surface area contributed by atoms with Crippen LogP contribution in [0.5, 0.6) is 17.2 Å². The van der Waals surface area contributed by atoms with Crippen molar-refractivity contribution in [1.82, 2.24) is 0 Å². The van der Waals surface area contributed by atoms with Gasteiger partial charge in [-0.05, 0) is 15.9 Å². The molecular formula is C9H9BrO5. The highest BCUT2D eigenvalue weighted by Gasteiger charge is 2.22. The minimum absolute atomic E-state index is 0.0272. The van der Waals surface area contributed by atoms with Gasteiger partial charge < -0.3 is 19.7 Å². The molecule has 2 N–H and O–H groups in total. The Morgan fingerprint density at radius 2 is 2.00 bits per heavy atom. The van der Waals surface area contributed by atoms with E-state index >= 15 is 0 Å². The number of benzene rings is 1. The Morgan fingerprint density at radius 3 is 2.40 bits per heavy atom. The average Bonchev–Trinajstić information content (AvgIpc) is 2.19. The van der Waals surface area contributed by atoms with Gasteiger partial charge in [-0.2, -0.15) is 0 Å². The summed E-state index contributed by atoms with van der Waals surface area (Å²) in [6.07, 6.45) is 0. The molecule has 6 heteroatoms. The number of ether oxygens (including phenoxy) is 2. The van der Waals surface area contributed by atoms with Crippen LogP contribution in [-0.4, -0.2) is 30.4 Å². The van der Waals surface area contributed by atoms with Gasteiger partial charge in [0, 0.05) is 6.07 Å². The minimum Gasteiger partial charge on any atom is -0.507 e. The van der Waals surface area contributed by atoms with Gasteiger partial charge in [0.15, 0.2) is 5.75 Å². The zero-order valence-electron chi connectivity index (χ0n) is 8.07. The molecule has 0 saturated carbocycles. The topological polar surface area (TPSA) is 76.0 Å². The molecule has 0 spiro atoms. The highest BCUT2D eigenvalue weighted by Crippen LogP contribution is 2.42. The average molecular weight is 277 g/mol. The number of carboxylic acid groups (broad SMARTS) is 1. The second-order valence-electron chi connectivity index (χ2n) is 2.63. The zero-order valence-corrected chi connectivity index (χ0v) is 9.66. The third-order valence-corrected chi connectivity index (χ3v) is 2.56. The van der Waals surface area contributed by atoms with Gasteiger partial charge in [-0.15, -0.1) is 0 Å². The predicted molar refractivity (Wildman–Crippen MR) is 55.9 cm³/mol. The maximum absolute atomic E-state index is 10.9. The molecule has 0 radical (unpaired) electrons. The van der Waals surface area contributed by atoms with Gasteiger partial charge in [0.2, 0.25) is 0 Å². The number of carboxylic acids is 1. The molecule has 0 heterocycles. The largest absolute Gasteiger partial charge is 0.507 e. The maximum atomic E-state index is 10.9. The number of hydrogen-bond donors (Lipinski definition) is 2. The lowest BCUT2D eigenvalue weighted by atomic mass is 10.1. The normalized spacial score (nSPS) is 9.80. The molecule has 1 aromatic rings. The quantitative estimate of drug-likeness (QED) is 0.882. The van der Waals surface area contributed by atoms with Crippen molar-refractivity contribution in [3.8, 4) is 17.2 Å². The van der Waals surface area contributed by atoms with E-state index in [9.17, 15) is 9.90 Å². The molecule has 15 heavy (non-hydrogen) atoms. The lowest BCUT2D eigenvalue weighted by Crippen LogP contribution is -2.02. The summed E-state index contributed by atoms with van der Waals surface area (Å²) in [5.74, 6) is -1.35. The van der Waals surface area contributed by atoms with Crippen molar-refractivity contribution in [3.63, 3.8) is 0 Å². The second-order valence-corrected chi connectivity index (χ2v) is 3.42. The highest BCUT2D eigenvalue weighted by molar-refractivity contribution is 9.10. The summed E-state index contributed by atoms with van der Waals surface area (Å²) >= 11 is 3.13. The van der Waals surface area contributed by atoms with Crippen LogP contribution >= 0.6 is 15.9 Å². The number of carbonyl (C=O) groups is 1. The molecule has 0 unspecified atom stereocenters. The van der Waals surface area contributed by atoms with Crippen LogP contribution < -0.4 is 9.47 Å². The molecule has 0 saturated heterocycles. The van der Waals surface area contributed by atoms with Crippen LogP contribution in [0.15, 0.2) is 10.5 Å². The van der Waals surface area contributed by atoms with E-state index in [1.165, 1.54) is 20.3 Å². The standard InChI is InChI=1S/C9H9BrO5/c1-14-5-3-4(11)6(9(12)13)8(15-2)7(5)10/h3,11H,1-2H3,(H,12,13). The van der Waals surface area contributed by atoms with Crippen molar-refractivity contribution in [2.45, 2.75) is 0 Å². The summed E-state index contributed by atoms with van der Waals surface area (Å²) in [6, 6.07) is 1.20. The Morgan fingerprint density at radius 1 is 1.40 bits per heavy atom. The van der Waals surface area contributed by atoms with Crippen LogP contribution in [0.25, 0.3) is 0 Å². The number of hydrogen-bond acceptors (Lipinski definition) is 4. The van der Waals surface area contributed by atoms with Crippen molar-refractivity contribution in [3.05, 3.63) is 16.1 Å². The molecule has 0 aliphatic carbocycles. The van der Waals surface area contributed by atoms with E-state index in [2.05, 4.69) is 15.9 Å². The van der Waals surface area contributed by atoms with Crippen molar-refractivity contribution in [1.29, 1.82) is 0 Å². The number of aromatic hydroxyl groups is 1. The first-order valence-corrected chi connectivity index (χ1v) is 4.69. The van der Waals surface area contributed by atoms with Crippen LogP contribution in [-0.2, 0) is 0 Å². The van der Waals surface area contributed by atoms with Crippen LogP contribution in [0.3, 0.4) is 0 Å². The van der Waals surface area contributed by atoms with Crippen LogP contribution in [0.4, 0.5) is 0 Å². The van der Waals surface area contributed by atoms with E-state index in [1.54, 1.807) is 0 Å². The van der Waals surface area contributed by atoms with Gasteiger partial charge in [-0.25, -0.2) is 4.79 Å². The Labute approximate surface area is 94.4 Å².